The van der Waals surface area contributed by atoms with Gasteiger partial charge in [-0.05, 0) is 104 Å². The number of ether oxygens (including phenoxy) is 2. The van der Waals surface area contributed by atoms with E-state index in [0.29, 0.717) is 0 Å². The molecule has 4 rings (SSSR count). The Morgan fingerprint density at radius 2 is 1.26 bits per heavy atom. The van der Waals surface area contributed by atoms with E-state index in [4.69, 9.17) is 4.74 Å². The fraction of sp³-hybridized carbons (Fsp3) is 0.625. The lowest BCUT2D eigenvalue weighted by Gasteiger charge is -2.38. The van der Waals surface area contributed by atoms with E-state index >= 15 is 0 Å². The smallest absolute Gasteiger partial charge is 0.426 e. The summed E-state index contributed by atoms with van der Waals surface area (Å²) in [5, 5.41) is 0. The molecule has 0 spiro atoms. The summed E-state index contributed by atoms with van der Waals surface area (Å²) in [4.78, 5) is 0. The van der Waals surface area contributed by atoms with Crippen LogP contribution < -0.4 is 9.47 Å². The van der Waals surface area contributed by atoms with Crippen LogP contribution in [0.25, 0.3) is 0 Å². The first-order chi connectivity index (χ1) is 18.3. The SMILES string of the molecule is CCCC[C@H]1CC[C@H]([C@H]2CC[C@H](CCc3ccc(C(F)(F)Oc4ccc(OC(F)F)cc4)cc3)CC2)CC1. The number of halogens is 4. The Bertz CT molecular complexity index is 944. The average molecular weight is 535 g/mol. The lowest BCUT2D eigenvalue weighted by atomic mass is 9.68. The minimum Gasteiger partial charge on any atom is -0.435 e. The molecular weight excluding hydrogens is 492 g/mol. The summed E-state index contributed by atoms with van der Waals surface area (Å²) in [6, 6.07) is 11.1. The van der Waals surface area contributed by atoms with Gasteiger partial charge in [-0.1, -0.05) is 64.0 Å². The van der Waals surface area contributed by atoms with Crippen LogP contribution in [0.2, 0.25) is 0 Å². The summed E-state index contributed by atoms with van der Waals surface area (Å²) in [7, 11) is 0. The Morgan fingerprint density at radius 1 is 0.737 bits per heavy atom. The number of alkyl halides is 4. The van der Waals surface area contributed by atoms with Gasteiger partial charge in [0.1, 0.15) is 11.5 Å². The van der Waals surface area contributed by atoms with Crippen LogP contribution in [-0.2, 0) is 12.5 Å². The topological polar surface area (TPSA) is 18.5 Å². The number of rotatable bonds is 12. The highest BCUT2D eigenvalue weighted by Gasteiger charge is 2.35. The molecule has 0 atom stereocenters. The Hall–Kier alpha value is -2.24. The predicted octanol–water partition coefficient (Wildman–Crippen LogP) is 10.2. The largest absolute Gasteiger partial charge is 0.435 e. The maximum Gasteiger partial charge on any atom is 0.426 e. The molecule has 38 heavy (non-hydrogen) atoms. The van der Waals surface area contributed by atoms with Crippen LogP contribution in [0.4, 0.5) is 17.6 Å². The molecule has 2 fully saturated rings. The summed E-state index contributed by atoms with van der Waals surface area (Å²) >= 11 is 0. The fourth-order valence-corrected chi connectivity index (χ4v) is 6.52. The van der Waals surface area contributed by atoms with Crippen molar-refractivity contribution in [1.82, 2.24) is 0 Å². The molecule has 2 aromatic rings. The summed E-state index contributed by atoms with van der Waals surface area (Å²) in [6.45, 7) is -0.683. The molecule has 0 aromatic heterocycles. The number of aryl methyl sites for hydroxylation is 1. The van der Waals surface area contributed by atoms with Crippen LogP contribution in [0.5, 0.6) is 11.5 Å². The zero-order valence-electron chi connectivity index (χ0n) is 22.5. The zero-order chi connectivity index (χ0) is 27.0. The molecule has 2 saturated carbocycles. The summed E-state index contributed by atoms with van der Waals surface area (Å²) in [5.41, 5.74) is 0.824. The first-order valence-corrected chi connectivity index (χ1v) is 14.5. The molecule has 210 valence electrons. The molecule has 2 nitrogen and oxygen atoms in total. The van der Waals surface area contributed by atoms with E-state index in [0.717, 1.165) is 42.1 Å². The molecule has 0 amide bonds. The molecule has 0 aliphatic heterocycles. The van der Waals surface area contributed by atoms with Crippen molar-refractivity contribution in [2.24, 2.45) is 23.7 Å². The van der Waals surface area contributed by atoms with Crippen molar-refractivity contribution >= 4 is 0 Å². The first-order valence-electron chi connectivity index (χ1n) is 14.5. The highest BCUT2D eigenvalue weighted by Crippen LogP contribution is 2.43. The Kier molecular flexibility index (Phi) is 10.4. The number of hydrogen-bond acceptors (Lipinski definition) is 2. The van der Waals surface area contributed by atoms with Crippen LogP contribution >= 0.6 is 0 Å². The minimum atomic E-state index is -3.53. The van der Waals surface area contributed by atoms with Gasteiger partial charge in [-0.3, -0.25) is 0 Å². The summed E-state index contributed by atoms with van der Waals surface area (Å²) in [5.74, 6) is 3.32. The number of unbranched alkanes of at least 4 members (excludes halogenated alkanes) is 1. The molecule has 2 aromatic carbocycles. The molecule has 0 saturated heterocycles. The van der Waals surface area contributed by atoms with E-state index in [1.54, 1.807) is 12.1 Å². The van der Waals surface area contributed by atoms with Gasteiger partial charge in [0, 0.05) is 0 Å². The Balaban J connectivity index is 1.18. The van der Waals surface area contributed by atoms with E-state index < -0.39 is 12.7 Å². The molecule has 0 unspecified atom stereocenters. The standard InChI is InChI=1S/C32H42F4O2/c1-2-3-4-23-7-13-26(14-8-23)27-15-9-24(10-16-27)5-6-25-11-17-28(18-12-25)32(35,36)38-30-21-19-29(20-22-30)37-31(33)34/h11-12,17-24,26-27,31H,2-10,13-16H2,1H3/t23-,24-,26-,27-. The molecule has 0 heterocycles. The Labute approximate surface area is 225 Å². The van der Waals surface area contributed by atoms with Crippen LogP contribution in [0.3, 0.4) is 0 Å². The summed E-state index contributed by atoms with van der Waals surface area (Å²) in [6.07, 6.45) is 13.6. The predicted molar refractivity (Wildman–Crippen MR) is 143 cm³/mol. The summed E-state index contributed by atoms with van der Waals surface area (Å²) < 4.78 is 62.9. The molecule has 0 radical (unpaired) electrons. The number of hydrogen-bond donors (Lipinski definition) is 0. The van der Waals surface area contributed by atoms with Crippen molar-refractivity contribution < 1.29 is 27.0 Å². The van der Waals surface area contributed by atoms with Gasteiger partial charge in [-0.25, -0.2) is 0 Å². The Morgan fingerprint density at radius 3 is 1.79 bits per heavy atom. The lowest BCUT2D eigenvalue weighted by molar-refractivity contribution is -0.185. The first kappa shape index (κ1) is 28.8. The second kappa shape index (κ2) is 13.7. The highest BCUT2D eigenvalue weighted by atomic mass is 19.3. The second-order valence-corrected chi connectivity index (χ2v) is 11.4. The third kappa shape index (κ3) is 8.38. The van der Waals surface area contributed by atoms with E-state index in [-0.39, 0.29) is 17.1 Å². The molecule has 2 aliphatic carbocycles. The van der Waals surface area contributed by atoms with E-state index in [2.05, 4.69) is 11.7 Å². The van der Waals surface area contributed by atoms with Crippen molar-refractivity contribution in [3.63, 3.8) is 0 Å². The maximum absolute atomic E-state index is 14.7. The van der Waals surface area contributed by atoms with Gasteiger partial charge in [-0.15, -0.1) is 0 Å². The zero-order valence-corrected chi connectivity index (χ0v) is 22.5. The lowest BCUT2D eigenvalue weighted by Crippen LogP contribution is -2.26. The van der Waals surface area contributed by atoms with Gasteiger partial charge in [0.25, 0.3) is 0 Å². The fourth-order valence-electron chi connectivity index (χ4n) is 6.52. The van der Waals surface area contributed by atoms with Crippen molar-refractivity contribution in [1.29, 1.82) is 0 Å². The van der Waals surface area contributed by atoms with Crippen LogP contribution in [0.1, 0.15) is 95.1 Å². The van der Waals surface area contributed by atoms with Crippen LogP contribution in [-0.4, -0.2) is 6.61 Å². The third-order valence-corrected chi connectivity index (χ3v) is 8.84. The molecule has 0 N–H and O–H groups in total. The van der Waals surface area contributed by atoms with Gasteiger partial charge in [0.2, 0.25) is 0 Å². The van der Waals surface area contributed by atoms with Crippen molar-refractivity contribution in [2.75, 3.05) is 0 Å². The van der Waals surface area contributed by atoms with E-state index in [9.17, 15) is 17.6 Å². The van der Waals surface area contributed by atoms with Gasteiger partial charge >= 0.3 is 12.7 Å². The van der Waals surface area contributed by atoms with Crippen molar-refractivity contribution in [3.8, 4) is 11.5 Å². The minimum absolute atomic E-state index is 0.113. The maximum atomic E-state index is 14.7. The van der Waals surface area contributed by atoms with Crippen LogP contribution in [0, 0.1) is 23.7 Å². The molecule has 2 aliphatic rings. The normalized spacial score (nSPS) is 24.4. The molecular formula is C32H42F4O2. The van der Waals surface area contributed by atoms with Crippen molar-refractivity contribution in [3.05, 3.63) is 59.7 Å². The molecule has 6 heteroatoms. The number of benzene rings is 2. The highest BCUT2D eigenvalue weighted by molar-refractivity contribution is 5.32. The molecule has 0 bridgehead atoms. The van der Waals surface area contributed by atoms with Gasteiger partial charge in [0.05, 0.1) is 5.56 Å². The van der Waals surface area contributed by atoms with Gasteiger partial charge < -0.3 is 9.47 Å². The average Bonchev–Trinajstić information content (AvgIpc) is 2.92. The van der Waals surface area contributed by atoms with Gasteiger partial charge in [0.15, 0.2) is 0 Å². The third-order valence-electron chi connectivity index (χ3n) is 8.84. The van der Waals surface area contributed by atoms with E-state index in [1.807, 2.05) is 0 Å². The second-order valence-electron chi connectivity index (χ2n) is 11.4. The quantitative estimate of drug-likeness (QED) is 0.252. The monoisotopic (exact) mass is 534 g/mol. The van der Waals surface area contributed by atoms with Crippen LogP contribution in [0.15, 0.2) is 48.5 Å². The van der Waals surface area contributed by atoms with Gasteiger partial charge in [-0.2, -0.15) is 17.6 Å². The van der Waals surface area contributed by atoms with E-state index in [1.165, 1.54) is 107 Å². The van der Waals surface area contributed by atoms with Crippen molar-refractivity contribution in [2.45, 2.75) is 103 Å².